The monoisotopic (exact) mass is 733 g/mol. The highest BCUT2D eigenvalue weighted by Crippen LogP contribution is 2.38. The van der Waals surface area contributed by atoms with E-state index in [0.717, 1.165) is 60.6 Å². The second kappa shape index (κ2) is 13.2. The molecule has 5 nitrogen and oxygen atoms in total. The maximum Gasteiger partial charge on any atom is 0.164 e. The molecule has 3 heterocycles. The Balaban J connectivity index is 1.05. The van der Waals surface area contributed by atoms with Crippen LogP contribution in [0.5, 0.6) is 0 Å². The summed E-state index contributed by atoms with van der Waals surface area (Å²) in [5.74, 6) is 1.88. The molecule has 0 N–H and O–H groups in total. The number of hydrogen-bond acceptors (Lipinski definition) is 5. The quantitative estimate of drug-likeness (QED) is 0.171. The third-order valence-corrected chi connectivity index (χ3v) is 11.6. The minimum Gasteiger partial charge on any atom is -0.309 e. The lowest BCUT2D eigenvalue weighted by Gasteiger charge is -2.11. The molecule has 0 saturated heterocycles. The van der Waals surface area contributed by atoms with Gasteiger partial charge < -0.3 is 4.57 Å². The Kier molecular flexibility index (Phi) is 7.60. The van der Waals surface area contributed by atoms with Gasteiger partial charge in [0.1, 0.15) is 5.01 Å². The summed E-state index contributed by atoms with van der Waals surface area (Å²) in [5.41, 5.74) is 10.5. The highest BCUT2D eigenvalue weighted by molar-refractivity contribution is 7.22. The average Bonchev–Trinajstić information content (AvgIpc) is 3.87. The largest absolute Gasteiger partial charge is 0.309 e. The van der Waals surface area contributed by atoms with Crippen LogP contribution in [0.15, 0.2) is 188 Å². The molecule has 0 aliphatic rings. The van der Waals surface area contributed by atoms with E-state index in [1.807, 2.05) is 36.4 Å². The molecule has 0 bridgehead atoms. The summed E-state index contributed by atoms with van der Waals surface area (Å²) >= 11 is 1.74. The van der Waals surface area contributed by atoms with Crippen LogP contribution >= 0.6 is 11.3 Å². The van der Waals surface area contributed by atoms with Crippen molar-refractivity contribution in [2.75, 3.05) is 0 Å². The van der Waals surface area contributed by atoms with Gasteiger partial charge in [-0.3, -0.25) is 0 Å². The van der Waals surface area contributed by atoms with Crippen LogP contribution in [0.25, 0.3) is 104 Å². The van der Waals surface area contributed by atoms with Crippen LogP contribution < -0.4 is 0 Å². The summed E-state index contributed by atoms with van der Waals surface area (Å²) in [6.07, 6.45) is 0. The molecule has 0 aliphatic heterocycles. The number of benzene rings is 8. The lowest BCUT2D eigenvalue weighted by molar-refractivity contribution is 1.07. The van der Waals surface area contributed by atoms with Crippen molar-refractivity contribution in [3.63, 3.8) is 0 Å². The van der Waals surface area contributed by atoms with Gasteiger partial charge in [-0.05, 0) is 59.0 Å². The summed E-state index contributed by atoms with van der Waals surface area (Å²) in [5, 5.41) is 5.81. The summed E-state index contributed by atoms with van der Waals surface area (Å²) in [4.78, 5) is 20.4. The molecule has 262 valence electrons. The Hall–Kier alpha value is -7.28. The van der Waals surface area contributed by atoms with Crippen molar-refractivity contribution >= 4 is 54.1 Å². The van der Waals surface area contributed by atoms with E-state index in [9.17, 15) is 0 Å². The first kappa shape index (κ1) is 32.2. The first-order valence-electron chi connectivity index (χ1n) is 18.6. The number of para-hydroxylation sites is 2. The number of thiazole rings is 1. The van der Waals surface area contributed by atoms with Crippen molar-refractivity contribution in [2.24, 2.45) is 0 Å². The van der Waals surface area contributed by atoms with Gasteiger partial charge in [-0.1, -0.05) is 146 Å². The molecule has 0 saturated carbocycles. The first-order chi connectivity index (χ1) is 27.7. The molecular weight excluding hydrogens is 703 g/mol. The molecular formula is C50H31N5S. The number of rotatable bonds is 6. The molecule has 0 atom stereocenters. The zero-order valence-corrected chi connectivity index (χ0v) is 30.9. The summed E-state index contributed by atoms with van der Waals surface area (Å²) in [6.45, 7) is 0. The normalized spacial score (nSPS) is 11.6. The van der Waals surface area contributed by atoms with Crippen LogP contribution in [-0.2, 0) is 0 Å². The summed E-state index contributed by atoms with van der Waals surface area (Å²) in [7, 11) is 0. The Bertz CT molecular complexity index is 3240. The van der Waals surface area contributed by atoms with Gasteiger partial charge in [-0.2, -0.15) is 0 Å². The van der Waals surface area contributed by atoms with Gasteiger partial charge in [-0.15, -0.1) is 11.3 Å². The maximum absolute atomic E-state index is 5.18. The van der Waals surface area contributed by atoms with Crippen molar-refractivity contribution in [2.45, 2.75) is 0 Å². The van der Waals surface area contributed by atoms with Crippen LogP contribution in [0.1, 0.15) is 0 Å². The molecule has 0 radical (unpaired) electrons. The van der Waals surface area contributed by atoms with E-state index in [2.05, 4.69) is 156 Å². The van der Waals surface area contributed by atoms with E-state index < -0.39 is 0 Å². The van der Waals surface area contributed by atoms with Gasteiger partial charge >= 0.3 is 0 Å². The number of hydrogen-bond donors (Lipinski definition) is 0. The molecule has 0 spiro atoms. The van der Waals surface area contributed by atoms with Crippen LogP contribution in [0.4, 0.5) is 0 Å². The fourth-order valence-electron chi connectivity index (χ4n) is 7.74. The van der Waals surface area contributed by atoms with Gasteiger partial charge in [0, 0.05) is 44.1 Å². The molecule has 6 heteroatoms. The number of aromatic nitrogens is 5. The van der Waals surface area contributed by atoms with Gasteiger partial charge in [0.15, 0.2) is 17.5 Å². The summed E-state index contributed by atoms with van der Waals surface area (Å²) < 4.78 is 3.52. The van der Waals surface area contributed by atoms with Crippen molar-refractivity contribution in [3.05, 3.63) is 188 Å². The van der Waals surface area contributed by atoms with E-state index in [1.165, 1.54) is 26.2 Å². The molecule has 0 unspecified atom stereocenters. The molecule has 8 aromatic carbocycles. The SMILES string of the molecule is c1ccc(-c2nc(-c3cccc(-c4ccc5ccc6nc(-c7ccccc7)sc6c5c4)c3)nc(-c3ccc4c5ccccc5n(-c5ccccc5)c4c3)n2)cc1. The Morgan fingerprint density at radius 1 is 0.357 bits per heavy atom. The average molecular weight is 734 g/mol. The van der Waals surface area contributed by atoms with Crippen molar-refractivity contribution in [1.29, 1.82) is 0 Å². The Labute approximate surface area is 326 Å². The molecule has 0 aliphatic carbocycles. The standard InChI is InChI=1S/C50H31N5S/c1-4-13-33(14-5-1)47-52-48(54-49(53-47)38-25-27-41-40-21-10-11-22-44(40)55(45(41)31-38)39-19-8-3-9-20-39)37-18-12-17-35(29-37)36-24-23-32-26-28-43-46(42(32)30-36)56-50(51-43)34-15-6-2-7-16-34/h1-31H. The van der Waals surface area contributed by atoms with Crippen LogP contribution in [0.2, 0.25) is 0 Å². The van der Waals surface area contributed by atoms with Crippen LogP contribution in [-0.4, -0.2) is 24.5 Å². The van der Waals surface area contributed by atoms with Gasteiger partial charge in [0.05, 0.1) is 21.3 Å². The third kappa shape index (κ3) is 5.54. The number of fused-ring (bicyclic) bond motifs is 6. The lowest BCUT2D eigenvalue weighted by Crippen LogP contribution is -2.00. The molecule has 11 rings (SSSR count). The van der Waals surface area contributed by atoms with E-state index in [1.54, 1.807) is 11.3 Å². The van der Waals surface area contributed by atoms with Crippen LogP contribution in [0.3, 0.4) is 0 Å². The van der Waals surface area contributed by atoms with Crippen molar-refractivity contribution in [3.8, 4) is 61.5 Å². The Morgan fingerprint density at radius 3 is 1.71 bits per heavy atom. The fourth-order valence-corrected chi connectivity index (χ4v) is 8.84. The zero-order chi connectivity index (χ0) is 37.0. The van der Waals surface area contributed by atoms with Crippen LogP contribution in [0, 0.1) is 0 Å². The van der Waals surface area contributed by atoms with Gasteiger partial charge in [0.2, 0.25) is 0 Å². The molecule has 3 aromatic heterocycles. The Morgan fingerprint density at radius 2 is 0.929 bits per heavy atom. The van der Waals surface area contributed by atoms with Crippen molar-refractivity contribution < 1.29 is 0 Å². The van der Waals surface area contributed by atoms with Gasteiger partial charge in [-0.25, -0.2) is 19.9 Å². The lowest BCUT2D eigenvalue weighted by atomic mass is 9.99. The predicted molar refractivity (Wildman–Crippen MR) is 232 cm³/mol. The smallest absolute Gasteiger partial charge is 0.164 e. The second-order valence-corrected chi connectivity index (χ2v) is 14.9. The minimum atomic E-state index is 0.623. The zero-order valence-electron chi connectivity index (χ0n) is 30.0. The highest BCUT2D eigenvalue weighted by Gasteiger charge is 2.17. The predicted octanol–water partition coefficient (Wildman–Crippen LogP) is 13.1. The molecule has 56 heavy (non-hydrogen) atoms. The number of nitrogens with zero attached hydrogens (tertiary/aromatic N) is 5. The van der Waals surface area contributed by atoms with Crippen molar-refractivity contribution in [1.82, 2.24) is 24.5 Å². The van der Waals surface area contributed by atoms with E-state index in [-0.39, 0.29) is 0 Å². The fraction of sp³-hybridized carbons (Fsp3) is 0. The molecule has 0 fully saturated rings. The van der Waals surface area contributed by atoms with Gasteiger partial charge in [0.25, 0.3) is 0 Å². The second-order valence-electron chi connectivity index (χ2n) is 13.9. The topological polar surface area (TPSA) is 56.5 Å². The van der Waals surface area contributed by atoms with E-state index in [0.29, 0.717) is 17.5 Å². The highest BCUT2D eigenvalue weighted by atomic mass is 32.1. The maximum atomic E-state index is 5.18. The molecule has 0 amide bonds. The molecule has 11 aromatic rings. The summed E-state index contributed by atoms with van der Waals surface area (Å²) in [6, 6.07) is 65.7. The van der Waals surface area contributed by atoms with E-state index in [4.69, 9.17) is 19.9 Å². The first-order valence-corrected chi connectivity index (χ1v) is 19.5. The minimum absolute atomic E-state index is 0.623. The van der Waals surface area contributed by atoms with E-state index >= 15 is 0 Å². The third-order valence-electron chi connectivity index (χ3n) is 10.5.